The molecule has 2 aromatic heterocycles. The van der Waals surface area contributed by atoms with E-state index in [4.69, 9.17) is 4.52 Å². The molecule has 0 radical (unpaired) electrons. The van der Waals surface area contributed by atoms with Crippen LogP contribution in [0.4, 0.5) is 11.5 Å². The summed E-state index contributed by atoms with van der Waals surface area (Å²) in [5.41, 5.74) is -0.0539. The first-order chi connectivity index (χ1) is 8.56. The lowest BCUT2D eigenvalue weighted by molar-refractivity contribution is -0.384. The summed E-state index contributed by atoms with van der Waals surface area (Å²) in [5, 5.41) is 21.3. The van der Waals surface area contributed by atoms with E-state index in [0.717, 1.165) is 0 Å². The lowest BCUT2D eigenvalue weighted by atomic mass is 10.4. The zero-order chi connectivity index (χ0) is 13.1. The minimum absolute atomic E-state index is 0.0539. The number of rotatable bonds is 5. The second-order valence-corrected chi connectivity index (χ2v) is 3.70. The summed E-state index contributed by atoms with van der Waals surface area (Å²) >= 11 is 0. The summed E-state index contributed by atoms with van der Waals surface area (Å²) in [6.45, 7) is 2.14. The van der Waals surface area contributed by atoms with Gasteiger partial charge in [-0.05, 0) is 0 Å². The van der Waals surface area contributed by atoms with Gasteiger partial charge in [-0.2, -0.15) is 4.98 Å². The van der Waals surface area contributed by atoms with Crippen molar-refractivity contribution >= 4 is 11.5 Å². The van der Waals surface area contributed by atoms with E-state index in [1.165, 1.54) is 10.9 Å². The smallest absolute Gasteiger partial charge is 0.330 e. The second kappa shape index (κ2) is 4.82. The maximum atomic E-state index is 10.7. The number of nitrogens with zero attached hydrogens (tertiary/aromatic N) is 5. The van der Waals surface area contributed by atoms with Gasteiger partial charge in [0.15, 0.2) is 5.82 Å². The van der Waals surface area contributed by atoms with Crippen molar-refractivity contribution in [2.45, 2.75) is 13.3 Å². The highest BCUT2D eigenvalue weighted by Crippen LogP contribution is 2.21. The molecule has 18 heavy (non-hydrogen) atoms. The number of nitro groups is 1. The molecule has 2 aromatic rings. The van der Waals surface area contributed by atoms with E-state index >= 15 is 0 Å². The molecule has 0 spiro atoms. The molecular weight excluding hydrogens is 240 g/mol. The Balaban J connectivity index is 1.96. The third-order valence-corrected chi connectivity index (χ3v) is 2.22. The number of nitrogens with one attached hydrogen (secondary N) is 1. The van der Waals surface area contributed by atoms with Crippen LogP contribution < -0.4 is 5.32 Å². The summed E-state index contributed by atoms with van der Waals surface area (Å²) in [7, 11) is 1.63. The molecule has 0 atom stereocenters. The lowest BCUT2D eigenvalue weighted by Gasteiger charge is -1.99. The van der Waals surface area contributed by atoms with Crippen molar-refractivity contribution in [2.75, 3.05) is 11.9 Å². The summed E-state index contributed by atoms with van der Waals surface area (Å²) in [6, 6.07) is 0. The van der Waals surface area contributed by atoms with Crippen LogP contribution in [0.3, 0.4) is 0 Å². The summed E-state index contributed by atoms with van der Waals surface area (Å²) < 4.78 is 6.20. The van der Waals surface area contributed by atoms with Gasteiger partial charge in [-0.25, -0.2) is 0 Å². The highest BCUT2D eigenvalue weighted by molar-refractivity contribution is 5.54. The van der Waals surface area contributed by atoms with Crippen molar-refractivity contribution in [3.05, 3.63) is 28.0 Å². The Morgan fingerprint density at radius 2 is 2.39 bits per heavy atom. The van der Waals surface area contributed by atoms with Gasteiger partial charge in [-0.3, -0.25) is 14.8 Å². The zero-order valence-electron chi connectivity index (χ0n) is 9.95. The normalized spacial score (nSPS) is 10.6. The predicted molar refractivity (Wildman–Crippen MR) is 61.1 cm³/mol. The van der Waals surface area contributed by atoms with E-state index in [1.807, 2.05) is 0 Å². The Labute approximate surface area is 102 Å². The van der Waals surface area contributed by atoms with E-state index < -0.39 is 4.92 Å². The van der Waals surface area contributed by atoms with Gasteiger partial charge in [0, 0.05) is 26.9 Å². The Kier molecular flexibility index (Phi) is 3.22. The number of hydrogen-bond acceptors (Lipinski definition) is 7. The van der Waals surface area contributed by atoms with Crippen molar-refractivity contribution < 1.29 is 9.45 Å². The standard InChI is InChI=1S/C9H12N6O3/c1-6-11-8(13-18-6)3-4-10-9-7(15(16)17)5-14(2)12-9/h5H,3-4H2,1-2H3,(H,10,12). The van der Waals surface area contributed by atoms with Gasteiger partial charge >= 0.3 is 5.69 Å². The molecule has 0 amide bonds. The molecule has 0 unspecified atom stereocenters. The van der Waals surface area contributed by atoms with Crippen LogP contribution in [0.25, 0.3) is 0 Å². The molecule has 9 heteroatoms. The first-order valence-corrected chi connectivity index (χ1v) is 5.27. The Hall–Kier alpha value is -2.45. The minimum atomic E-state index is -0.478. The Morgan fingerprint density at radius 3 is 3.00 bits per heavy atom. The van der Waals surface area contributed by atoms with E-state index in [1.54, 1.807) is 14.0 Å². The highest BCUT2D eigenvalue weighted by Gasteiger charge is 2.17. The molecule has 0 aliphatic heterocycles. The van der Waals surface area contributed by atoms with Crippen LogP contribution in [0.5, 0.6) is 0 Å². The fourth-order valence-electron chi connectivity index (χ4n) is 1.47. The average molecular weight is 252 g/mol. The van der Waals surface area contributed by atoms with Gasteiger partial charge in [0.05, 0.1) is 4.92 Å². The number of anilines is 1. The SMILES string of the molecule is Cc1nc(CCNc2nn(C)cc2[N+](=O)[O-])no1. The van der Waals surface area contributed by atoms with E-state index in [0.29, 0.717) is 24.7 Å². The monoisotopic (exact) mass is 252 g/mol. The van der Waals surface area contributed by atoms with Gasteiger partial charge < -0.3 is 9.84 Å². The van der Waals surface area contributed by atoms with Gasteiger partial charge in [-0.1, -0.05) is 5.16 Å². The van der Waals surface area contributed by atoms with Crippen LogP contribution in [0.2, 0.25) is 0 Å². The van der Waals surface area contributed by atoms with Gasteiger partial charge in [-0.15, -0.1) is 5.10 Å². The summed E-state index contributed by atoms with van der Waals surface area (Å²) in [6.07, 6.45) is 1.85. The fraction of sp³-hybridized carbons (Fsp3) is 0.444. The molecule has 0 aromatic carbocycles. The van der Waals surface area contributed by atoms with E-state index in [-0.39, 0.29) is 11.5 Å². The maximum absolute atomic E-state index is 10.7. The molecule has 0 aliphatic carbocycles. The van der Waals surface area contributed by atoms with Crippen molar-refractivity contribution in [3.63, 3.8) is 0 Å². The van der Waals surface area contributed by atoms with Crippen LogP contribution in [-0.4, -0.2) is 31.4 Å². The Morgan fingerprint density at radius 1 is 1.61 bits per heavy atom. The molecule has 1 N–H and O–H groups in total. The molecule has 0 bridgehead atoms. The van der Waals surface area contributed by atoms with Gasteiger partial charge in [0.2, 0.25) is 11.7 Å². The molecule has 2 rings (SSSR count). The second-order valence-electron chi connectivity index (χ2n) is 3.70. The molecular formula is C9H12N6O3. The highest BCUT2D eigenvalue weighted by atomic mass is 16.6. The van der Waals surface area contributed by atoms with Crippen LogP contribution >= 0.6 is 0 Å². The Bertz CT molecular complexity index is 560. The van der Waals surface area contributed by atoms with Crippen molar-refractivity contribution in [1.29, 1.82) is 0 Å². The average Bonchev–Trinajstić information content (AvgIpc) is 2.85. The topological polar surface area (TPSA) is 112 Å². The van der Waals surface area contributed by atoms with Crippen molar-refractivity contribution in [1.82, 2.24) is 19.9 Å². The molecule has 2 heterocycles. The van der Waals surface area contributed by atoms with Crippen LogP contribution in [0.15, 0.2) is 10.7 Å². The quantitative estimate of drug-likeness (QED) is 0.614. The predicted octanol–water partition coefficient (Wildman–Crippen LogP) is 0.674. The minimum Gasteiger partial charge on any atom is -0.362 e. The largest absolute Gasteiger partial charge is 0.362 e. The zero-order valence-corrected chi connectivity index (χ0v) is 9.95. The van der Waals surface area contributed by atoms with Crippen LogP contribution in [-0.2, 0) is 13.5 Å². The molecule has 0 aliphatic rings. The van der Waals surface area contributed by atoms with Crippen LogP contribution in [0, 0.1) is 17.0 Å². The summed E-state index contributed by atoms with van der Waals surface area (Å²) in [5.74, 6) is 1.29. The van der Waals surface area contributed by atoms with E-state index in [2.05, 4.69) is 20.6 Å². The number of aryl methyl sites for hydroxylation is 2. The van der Waals surface area contributed by atoms with Crippen molar-refractivity contribution in [2.24, 2.45) is 7.05 Å². The number of hydrogen-bond donors (Lipinski definition) is 1. The third kappa shape index (κ3) is 2.62. The van der Waals surface area contributed by atoms with Gasteiger partial charge in [0.1, 0.15) is 6.20 Å². The first-order valence-electron chi connectivity index (χ1n) is 5.27. The summed E-state index contributed by atoms with van der Waals surface area (Å²) in [4.78, 5) is 14.3. The van der Waals surface area contributed by atoms with Crippen LogP contribution in [0.1, 0.15) is 11.7 Å². The lowest BCUT2D eigenvalue weighted by Crippen LogP contribution is -2.08. The fourth-order valence-corrected chi connectivity index (χ4v) is 1.47. The molecule has 0 saturated carbocycles. The molecule has 9 nitrogen and oxygen atoms in total. The van der Waals surface area contributed by atoms with E-state index in [9.17, 15) is 10.1 Å². The maximum Gasteiger partial charge on any atom is 0.330 e. The van der Waals surface area contributed by atoms with Crippen molar-refractivity contribution in [3.8, 4) is 0 Å². The first kappa shape index (κ1) is 12.0. The molecule has 0 fully saturated rings. The van der Waals surface area contributed by atoms with Gasteiger partial charge in [0.25, 0.3) is 0 Å². The molecule has 0 saturated heterocycles. The molecule has 96 valence electrons. The third-order valence-electron chi connectivity index (χ3n) is 2.22. The number of aromatic nitrogens is 4.